The molecule has 0 spiro atoms. The third-order valence-corrected chi connectivity index (χ3v) is 5.14. The minimum Gasteiger partial charge on any atom is -0.342 e. The summed E-state index contributed by atoms with van der Waals surface area (Å²) in [5.41, 5.74) is 2.98. The second-order valence-electron chi connectivity index (χ2n) is 6.52. The highest BCUT2D eigenvalue weighted by Gasteiger charge is 2.30. The molecule has 0 aliphatic carbocycles. The predicted molar refractivity (Wildman–Crippen MR) is 97.6 cm³/mol. The summed E-state index contributed by atoms with van der Waals surface area (Å²) < 4.78 is 2.10. The molecular formula is C19H19ClN4O. The molecule has 1 atom stereocenters. The quantitative estimate of drug-likeness (QED) is 0.725. The van der Waals surface area contributed by atoms with Gasteiger partial charge in [-0.1, -0.05) is 23.7 Å². The number of imidazole rings is 1. The van der Waals surface area contributed by atoms with Crippen molar-refractivity contribution in [2.24, 2.45) is 7.05 Å². The van der Waals surface area contributed by atoms with Crippen molar-refractivity contribution in [2.45, 2.75) is 18.8 Å². The third-order valence-electron chi connectivity index (χ3n) is 4.89. The summed E-state index contributed by atoms with van der Waals surface area (Å²) >= 11 is 5.90. The molecule has 1 saturated heterocycles. The molecule has 0 unspecified atom stereocenters. The third kappa shape index (κ3) is 3.12. The molecule has 1 aliphatic heterocycles. The number of halogens is 1. The second-order valence-corrected chi connectivity index (χ2v) is 6.96. The van der Waals surface area contributed by atoms with Crippen molar-refractivity contribution >= 4 is 28.5 Å². The van der Waals surface area contributed by atoms with E-state index >= 15 is 0 Å². The smallest absolute Gasteiger partial charge is 0.227 e. The molecule has 0 radical (unpaired) electrons. The number of hydrogen-bond acceptors (Lipinski definition) is 3. The Hall–Kier alpha value is -2.40. The number of carbonyl (C=O) groups excluding carboxylic acids is 1. The summed E-state index contributed by atoms with van der Waals surface area (Å²) in [7, 11) is 2.02. The van der Waals surface area contributed by atoms with Crippen LogP contribution in [-0.4, -0.2) is 38.4 Å². The van der Waals surface area contributed by atoms with Gasteiger partial charge >= 0.3 is 0 Å². The van der Waals surface area contributed by atoms with E-state index in [-0.39, 0.29) is 11.8 Å². The van der Waals surface area contributed by atoms with Gasteiger partial charge in [0.15, 0.2) is 0 Å². The fourth-order valence-corrected chi connectivity index (χ4v) is 3.63. The number of nitrogens with zero attached hydrogens (tertiary/aromatic N) is 4. The minimum absolute atomic E-state index is 0.158. The first kappa shape index (κ1) is 16.1. The van der Waals surface area contributed by atoms with Gasteiger partial charge in [-0.2, -0.15) is 0 Å². The SMILES string of the molecule is Cn1c([C@H]2CCN(C(=O)Cc3ccc(Cl)cc3)C2)nc2ccncc21. The van der Waals surface area contributed by atoms with Crippen LogP contribution in [0.5, 0.6) is 0 Å². The molecular weight excluding hydrogens is 336 g/mol. The van der Waals surface area contributed by atoms with Crippen molar-refractivity contribution in [3.8, 4) is 0 Å². The number of hydrogen-bond donors (Lipinski definition) is 0. The maximum absolute atomic E-state index is 12.6. The van der Waals surface area contributed by atoms with Crippen molar-refractivity contribution < 1.29 is 4.79 Å². The Labute approximate surface area is 151 Å². The summed E-state index contributed by atoms with van der Waals surface area (Å²) in [6.45, 7) is 1.50. The van der Waals surface area contributed by atoms with Crippen molar-refractivity contribution in [2.75, 3.05) is 13.1 Å². The largest absolute Gasteiger partial charge is 0.342 e. The van der Waals surface area contributed by atoms with Crippen LogP contribution in [-0.2, 0) is 18.3 Å². The van der Waals surface area contributed by atoms with Gasteiger partial charge in [0.2, 0.25) is 5.91 Å². The number of likely N-dealkylation sites (tertiary alicyclic amines) is 1. The monoisotopic (exact) mass is 354 g/mol. The van der Waals surface area contributed by atoms with Gasteiger partial charge in [0.1, 0.15) is 5.82 Å². The Morgan fingerprint density at radius 3 is 2.84 bits per heavy atom. The van der Waals surface area contributed by atoms with Crippen LogP contribution < -0.4 is 0 Å². The number of pyridine rings is 1. The molecule has 3 aromatic rings. The lowest BCUT2D eigenvalue weighted by atomic mass is 10.1. The number of fused-ring (bicyclic) bond motifs is 1. The van der Waals surface area contributed by atoms with E-state index in [4.69, 9.17) is 16.6 Å². The molecule has 2 aromatic heterocycles. The average Bonchev–Trinajstić information content (AvgIpc) is 3.22. The zero-order chi connectivity index (χ0) is 17.4. The first-order chi connectivity index (χ1) is 12.1. The van der Waals surface area contributed by atoms with Crippen LogP contribution in [0.3, 0.4) is 0 Å². The van der Waals surface area contributed by atoms with Crippen LogP contribution in [0.1, 0.15) is 23.7 Å². The van der Waals surface area contributed by atoms with Gasteiger partial charge in [-0.25, -0.2) is 4.98 Å². The number of aryl methyl sites for hydroxylation is 1. The van der Waals surface area contributed by atoms with Crippen LogP contribution in [0.2, 0.25) is 5.02 Å². The molecule has 0 saturated carbocycles. The Kier molecular flexibility index (Phi) is 4.17. The lowest BCUT2D eigenvalue weighted by molar-refractivity contribution is -0.129. The van der Waals surface area contributed by atoms with E-state index in [1.54, 1.807) is 6.20 Å². The highest BCUT2D eigenvalue weighted by molar-refractivity contribution is 6.30. The van der Waals surface area contributed by atoms with E-state index in [0.29, 0.717) is 11.4 Å². The lowest BCUT2D eigenvalue weighted by Crippen LogP contribution is -2.30. The molecule has 3 heterocycles. The van der Waals surface area contributed by atoms with E-state index in [2.05, 4.69) is 9.55 Å². The number of amides is 1. The molecule has 1 aliphatic rings. The van der Waals surface area contributed by atoms with E-state index in [1.807, 2.05) is 48.5 Å². The standard InChI is InChI=1S/C19H19ClN4O/c1-23-17-11-21-8-6-16(17)22-19(23)14-7-9-24(12-14)18(25)10-13-2-4-15(20)5-3-13/h2-6,8,11,14H,7,9-10,12H2,1H3/t14-/m0/s1. The zero-order valence-electron chi connectivity index (χ0n) is 14.0. The van der Waals surface area contributed by atoms with Gasteiger partial charge in [0.25, 0.3) is 0 Å². The fraction of sp³-hybridized carbons (Fsp3) is 0.316. The van der Waals surface area contributed by atoms with Gasteiger partial charge < -0.3 is 9.47 Å². The normalized spacial score (nSPS) is 17.4. The Morgan fingerprint density at radius 1 is 1.28 bits per heavy atom. The summed E-state index contributed by atoms with van der Waals surface area (Å²) in [5.74, 6) is 1.46. The zero-order valence-corrected chi connectivity index (χ0v) is 14.8. The molecule has 128 valence electrons. The maximum atomic E-state index is 12.6. The molecule has 0 bridgehead atoms. The summed E-state index contributed by atoms with van der Waals surface area (Å²) in [4.78, 5) is 23.5. The summed E-state index contributed by atoms with van der Waals surface area (Å²) in [6, 6.07) is 9.39. The Bertz CT molecular complexity index is 919. The first-order valence-electron chi connectivity index (χ1n) is 8.40. The number of benzene rings is 1. The molecule has 1 amide bonds. The van der Waals surface area contributed by atoms with Crippen LogP contribution >= 0.6 is 11.6 Å². The average molecular weight is 355 g/mol. The molecule has 4 rings (SSSR count). The second kappa shape index (κ2) is 6.48. The molecule has 0 N–H and O–H groups in total. The van der Waals surface area contributed by atoms with Crippen LogP contribution in [0.4, 0.5) is 0 Å². The van der Waals surface area contributed by atoms with Gasteiger partial charge in [-0.15, -0.1) is 0 Å². The van der Waals surface area contributed by atoms with Crippen molar-refractivity contribution in [1.82, 2.24) is 19.4 Å². The fourth-order valence-electron chi connectivity index (χ4n) is 3.50. The minimum atomic E-state index is 0.158. The highest BCUT2D eigenvalue weighted by atomic mass is 35.5. The van der Waals surface area contributed by atoms with E-state index < -0.39 is 0 Å². The van der Waals surface area contributed by atoms with Crippen LogP contribution in [0, 0.1) is 0 Å². The summed E-state index contributed by atoms with van der Waals surface area (Å²) in [6.07, 6.45) is 4.95. The summed E-state index contributed by atoms with van der Waals surface area (Å²) in [5, 5.41) is 0.689. The lowest BCUT2D eigenvalue weighted by Gasteiger charge is -2.16. The van der Waals surface area contributed by atoms with E-state index in [0.717, 1.165) is 41.9 Å². The van der Waals surface area contributed by atoms with Gasteiger partial charge in [0.05, 0.1) is 23.7 Å². The first-order valence-corrected chi connectivity index (χ1v) is 8.78. The van der Waals surface area contributed by atoms with E-state index in [1.165, 1.54) is 0 Å². The van der Waals surface area contributed by atoms with Crippen molar-refractivity contribution in [3.05, 3.63) is 59.1 Å². The number of carbonyl (C=O) groups is 1. The number of rotatable bonds is 3. The topological polar surface area (TPSA) is 51.0 Å². The molecule has 1 aromatic carbocycles. The highest BCUT2D eigenvalue weighted by Crippen LogP contribution is 2.29. The molecule has 6 heteroatoms. The van der Waals surface area contributed by atoms with Gasteiger partial charge in [-0.3, -0.25) is 9.78 Å². The van der Waals surface area contributed by atoms with Gasteiger partial charge in [-0.05, 0) is 30.2 Å². The molecule has 25 heavy (non-hydrogen) atoms. The number of aromatic nitrogens is 3. The molecule has 5 nitrogen and oxygen atoms in total. The maximum Gasteiger partial charge on any atom is 0.227 e. The van der Waals surface area contributed by atoms with Crippen molar-refractivity contribution in [1.29, 1.82) is 0 Å². The van der Waals surface area contributed by atoms with Crippen LogP contribution in [0.25, 0.3) is 11.0 Å². The predicted octanol–water partition coefficient (Wildman–Crippen LogP) is 3.18. The van der Waals surface area contributed by atoms with E-state index in [9.17, 15) is 4.79 Å². The van der Waals surface area contributed by atoms with Crippen molar-refractivity contribution in [3.63, 3.8) is 0 Å². The van der Waals surface area contributed by atoms with Gasteiger partial charge in [0, 0.05) is 37.3 Å². The molecule has 1 fully saturated rings. The Balaban J connectivity index is 1.47. The van der Waals surface area contributed by atoms with Crippen LogP contribution in [0.15, 0.2) is 42.7 Å². The Morgan fingerprint density at radius 2 is 2.08 bits per heavy atom.